The molecular formula is C24H21N3OS. The molecule has 0 aliphatic heterocycles. The maximum atomic E-state index is 12.1. The average Bonchev–Trinajstić information content (AvgIpc) is 3.13. The summed E-state index contributed by atoms with van der Waals surface area (Å²) < 4.78 is 1.18. The monoisotopic (exact) mass is 399 g/mol. The van der Waals surface area contributed by atoms with Crippen LogP contribution in [-0.4, -0.2) is 11.0 Å². The van der Waals surface area contributed by atoms with E-state index in [4.69, 9.17) is 4.98 Å². The molecule has 0 fully saturated rings. The molecule has 0 saturated heterocycles. The van der Waals surface area contributed by atoms with Crippen molar-refractivity contribution in [3.05, 3.63) is 89.6 Å². The van der Waals surface area contributed by atoms with Gasteiger partial charge in [0, 0.05) is 17.5 Å². The van der Waals surface area contributed by atoms with E-state index in [1.807, 2.05) is 61.5 Å². The molecule has 0 radical (unpaired) electrons. The molecule has 3 aromatic carbocycles. The summed E-state index contributed by atoms with van der Waals surface area (Å²) in [4.78, 5) is 16.8. The minimum atomic E-state index is -0.280. The van der Waals surface area contributed by atoms with Gasteiger partial charge in [0.25, 0.3) is 0 Å². The average molecular weight is 400 g/mol. The number of aromatic nitrogens is 1. The molecule has 0 unspecified atom stereocenters. The normalized spacial score (nSPS) is 11.1. The lowest BCUT2D eigenvalue weighted by Crippen LogP contribution is -2.23. The van der Waals surface area contributed by atoms with Gasteiger partial charge in [-0.15, -0.1) is 11.3 Å². The van der Waals surface area contributed by atoms with E-state index in [1.165, 1.54) is 10.3 Å². The Morgan fingerprint density at radius 1 is 1.00 bits per heavy atom. The van der Waals surface area contributed by atoms with Crippen LogP contribution < -0.4 is 10.6 Å². The molecule has 1 aromatic heterocycles. The molecule has 0 aliphatic carbocycles. The molecule has 5 heteroatoms. The van der Waals surface area contributed by atoms with Crippen LogP contribution in [-0.2, 0) is 0 Å². The zero-order valence-corrected chi connectivity index (χ0v) is 17.1. The maximum absolute atomic E-state index is 12.1. The van der Waals surface area contributed by atoms with Crippen molar-refractivity contribution in [2.45, 2.75) is 13.8 Å². The van der Waals surface area contributed by atoms with E-state index in [2.05, 4.69) is 35.8 Å². The minimum Gasteiger partial charge on any atom is -0.314 e. The van der Waals surface area contributed by atoms with Crippen LogP contribution in [0.1, 0.15) is 16.7 Å². The third-order valence-electron chi connectivity index (χ3n) is 4.60. The highest BCUT2D eigenvalue weighted by Gasteiger charge is 2.07. The van der Waals surface area contributed by atoms with Gasteiger partial charge in [-0.25, -0.2) is 9.78 Å². The summed E-state index contributed by atoms with van der Waals surface area (Å²) in [5, 5.41) is 6.55. The molecule has 29 heavy (non-hydrogen) atoms. The fraction of sp³-hybridized carbons (Fsp3) is 0.0833. The van der Waals surface area contributed by atoms with Crippen LogP contribution in [0.25, 0.3) is 26.9 Å². The van der Waals surface area contributed by atoms with Crippen molar-refractivity contribution in [2.24, 2.45) is 0 Å². The lowest BCUT2D eigenvalue weighted by molar-refractivity contribution is 0.255. The first kappa shape index (κ1) is 18.9. The van der Waals surface area contributed by atoms with E-state index in [-0.39, 0.29) is 6.03 Å². The number of hydrogen-bond acceptors (Lipinski definition) is 3. The molecule has 144 valence electrons. The van der Waals surface area contributed by atoms with Gasteiger partial charge >= 0.3 is 6.03 Å². The number of aryl methyl sites for hydroxylation is 2. The second-order valence-electron chi connectivity index (χ2n) is 6.86. The third kappa shape index (κ3) is 4.52. The Bertz CT molecular complexity index is 1190. The summed E-state index contributed by atoms with van der Waals surface area (Å²) in [6, 6.07) is 21.7. The van der Waals surface area contributed by atoms with E-state index < -0.39 is 0 Å². The number of hydrogen-bond donors (Lipinski definition) is 2. The molecule has 0 spiro atoms. The topological polar surface area (TPSA) is 54.0 Å². The van der Waals surface area contributed by atoms with Gasteiger partial charge in [0.1, 0.15) is 5.01 Å². The zero-order chi connectivity index (χ0) is 20.2. The molecule has 0 bridgehead atoms. The van der Waals surface area contributed by atoms with Gasteiger partial charge in [0.2, 0.25) is 0 Å². The number of urea groups is 1. The molecule has 4 rings (SSSR count). The molecule has 2 amide bonds. The summed E-state index contributed by atoms with van der Waals surface area (Å²) in [7, 11) is 0. The number of thiazole rings is 1. The van der Waals surface area contributed by atoms with Gasteiger partial charge in [-0.05, 0) is 73.0 Å². The smallest absolute Gasteiger partial charge is 0.314 e. The first-order valence-electron chi connectivity index (χ1n) is 9.36. The first-order valence-corrected chi connectivity index (χ1v) is 10.2. The number of nitrogens with one attached hydrogen (secondary N) is 2. The molecule has 4 nitrogen and oxygen atoms in total. The Kier molecular flexibility index (Phi) is 5.40. The van der Waals surface area contributed by atoms with Crippen LogP contribution in [0.15, 0.2) is 72.9 Å². The van der Waals surface area contributed by atoms with Gasteiger partial charge in [0.15, 0.2) is 0 Å². The van der Waals surface area contributed by atoms with Crippen molar-refractivity contribution < 1.29 is 4.79 Å². The van der Waals surface area contributed by atoms with Crippen LogP contribution in [0.5, 0.6) is 0 Å². The molecule has 0 saturated carbocycles. The van der Waals surface area contributed by atoms with Crippen molar-refractivity contribution in [3.63, 3.8) is 0 Å². The Morgan fingerprint density at radius 3 is 2.59 bits per heavy atom. The van der Waals surface area contributed by atoms with E-state index in [0.717, 1.165) is 32.9 Å². The summed E-state index contributed by atoms with van der Waals surface area (Å²) in [6.45, 7) is 4.12. The third-order valence-corrected chi connectivity index (χ3v) is 5.67. The van der Waals surface area contributed by atoms with E-state index in [0.29, 0.717) is 0 Å². The van der Waals surface area contributed by atoms with Gasteiger partial charge < -0.3 is 10.6 Å². The van der Waals surface area contributed by atoms with Crippen LogP contribution in [0.2, 0.25) is 0 Å². The number of carbonyl (C=O) groups is 1. The van der Waals surface area contributed by atoms with Gasteiger partial charge in [-0.3, -0.25) is 0 Å². The predicted octanol–water partition coefficient (Wildman–Crippen LogP) is 6.37. The van der Waals surface area contributed by atoms with Gasteiger partial charge in [0.05, 0.1) is 10.2 Å². The standard InChI is InChI=1S/C24H21N3OS/c1-16-7-12-21-22(15-16)29-23(27-21)19-8-10-20(11-9-19)26-24(28)25-14-13-18-6-4-3-5-17(18)2/h3-15H,1-2H3,(H2,25,26,28)/b14-13+. The lowest BCUT2D eigenvalue weighted by atomic mass is 10.1. The number of anilines is 1. The van der Waals surface area contributed by atoms with Crippen LogP contribution in [0.4, 0.5) is 10.5 Å². The van der Waals surface area contributed by atoms with E-state index in [1.54, 1.807) is 17.5 Å². The summed E-state index contributed by atoms with van der Waals surface area (Å²) >= 11 is 1.67. The largest absolute Gasteiger partial charge is 0.323 e. The second kappa shape index (κ2) is 8.29. The second-order valence-corrected chi connectivity index (χ2v) is 7.89. The number of carbonyl (C=O) groups excluding carboxylic acids is 1. The Balaban J connectivity index is 1.39. The van der Waals surface area contributed by atoms with Crippen LogP contribution in [0, 0.1) is 13.8 Å². The Labute approximate surface area is 173 Å². The van der Waals surface area contributed by atoms with E-state index in [9.17, 15) is 4.79 Å². The number of nitrogens with zero attached hydrogens (tertiary/aromatic N) is 1. The van der Waals surface area contributed by atoms with Gasteiger partial charge in [-0.1, -0.05) is 30.3 Å². The molecule has 4 aromatic rings. The maximum Gasteiger partial charge on any atom is 0.323 e. The van der Waals surface area contributed by atoms with Crippen molar-refractivity contribution in [2.75, 3.05) is 5.32 Å². The SMILES string of the molecule is Cc1ccc2nc(-c3ccc(NC(=O)N/C=C/c4ccccc4C)cc3)sc2c1. The Morgan fingerprint density at radius 2 is 1.79 bits per heavy atom. The van der Waals surface area contributed by atoms with Gasteiger partial charge in [-0.2, -0.15) is 0 Å². The fourth-order valence-corrected chi connectivity index (χ4v) is 4.07. The molecule has 1 heterocycles. The van der Waals surface area contributed by atoms with Crippen molar-refractivity contribution in [3.8, 4) is 10.6 Å². The van der Waals surface area contributed by atoms with Crippen molar-refractivity contribution in [1.82, 2.24) is 10.3 Å². The number of fused-ring (bicyclic) bond motifs is 1. The first-order chi connectivity index (χ1) is 14.1. The van der Waals surface area contributed by atoms with Crippen molar-refractivity contribution in [1.29, 1.82) is 0 Å². The van der Waals surface area contributed by atoms with Crippen LogP contribution >= 0.6 is 11.3 Å². The molecular weight excluding hydrogens is 378 g/mol. The number of rotatable bonds is 4. The number of amides is 2. The Hall–Kier alpha value is -3.44. The number of benzene rings is 3. The van der Waals surface area contributed by atoms with Crippen molar-refractivity contribution >= 4 is 39.3 Å². The fourth-order valence-electron chi connectivity index (χ4n) is 3.00. The summed E-state index contributed by atoms with van der Waals surface area (Å²) in [5.41, 5.74) is 6.24. The highest BCUT2D eigenvalue weighted by atomic mass is 32.1. The quantitative estimate of drug-likeness (QED) is 0.419. The minimum absolute atomic E-state index is 0.280. The molecule has 2 N–H and O–H groups in total. The highest BCUT2D eigenvalue weighted by Crippen LogP contribution is 2.31. The summed E-state index contributed by atoms with van der Waals surface area (Å²) in [6.07, 6.45) is 3.53. The highest BCUT2D eigenvalue weighted by molar-refractivity contribution is 7.21. The molecule has 0 atom stereocenters. The lowest BCUT2D eigenvalue weighted by Gasteiger charge is -2.05. The van der Waals surface area contributed by atoms with Crippen LogP contribution in [0.3, 0.4) is 0 Å². The van der Waals surface area contributed by atoms with E-state index >= 15 is 0 Å². The molecule has 0 aliphatic rings. The zero-order valence-electron chi connectivity index (χ0n) is 16.3. The predicted molar refractivity (Wildman–Crippen MR) is 122 cm³/mol. The summed E-state index contributed by atoms with van der Waals surface area (Å²) in [5.74, 6) is 0.